The van der Waals surface area contributed by atoms with Crippen molar-refractivity contribution in [2.24, 2.45) is 0 Å². The van der Waals surface area contributed by atoms with Crippen molar-refractivity contribution < 1.29 is 9.59 Å². The minimum Gasteiger partial charge on any atom is -0.352 e. The van der Waals surface area contributed by atoms with Gasteiger partial charge in [-0.3, -0.25) is 9.59 Å². The van der Waals surface area contributed by atoms with Gasteiger partial charge in [-0.05, 0) is 12.1 Å². The van der Waals surface area contributed by atoms with Crippen molar-refractivity contribution in [1.82, 2.24) is 9.88 Å². The molecule has 0 saturated carbocycles. The van der Waals surface area contributed by atoms with E-state index < -0.39 is 0 Å². The van der Waals surface area contributed by atoms with E-state index in [0.29, 0.717) is 37.6 Å². The van der Waals surface area contributed by atoms with E-state index in [9.17, 15) is 9.59 Å². The number of rotatable bonds is 2. The molecule has 1 aromatic carbocycles. The van der Waals surface area contributed by atoms with Crippen molar-refractivity contribution in [3.63, 3.8) is 0 Å². The molecule has 0 unspecified atom stereocenters. The van der Waals surface area contributed by atoms with E-state index in [2.05, 4.69) is 9.88 Å². The number of benzene rings is 1. The first-order chi connectivity index (χ1) is 10.2. The lowest BCUT2D eigenvalue weighted by Gasteiger charge is -2.35. The number of nitrogens with zero attached hydrogens (tertiary/aromatic N) is 3. The van der Waals surface area contributed by atoms with Crippen LogP contribution >= 0.6 is 0 Å². The predicted octanol–water partition coefficient (Wildman–Crippen LogP) is 1.72. The summed E-state index contributed by atoms with van der Waals surface area (Å²) >= 11 is 0. The summed E-state index contributed by atoms with van der Waals surface area (Å²) in [5.41, 5.74) is 1.48. The maximum absolute atomic E-state index is 11.4. The van der Waals surface area contributed by atoms with Crippen LogP contribution in [0.4, 0.5) is 5.82 Å². The maximum atomic E-state index is 11.4. The highest BCUT2D eigenvalue weighted by atomic mass is 16.2. The van der Waals surface area contributed by atoms with E-state index in [-0.39, 0.29) is 5.91 Å². The molecular weight excluding hydrogens is 266 g/mol. The average molecular weight is 283 g/mol. The van der Waals surface area contributed by atoms with Crippen molar-refractivity contribution in [3.05, 3.63) is 35.9 Å². The average Bonchev–Trinajstić information content (AvgIpc) is 2.53. The minimum absolute atomic E-state index is 0.0942. The summed E-state index contributed by atoms with van der Waals surface area (Å²) in [7, 11) is 0. The molecule has 0 N–H and O–H groups in total. The van der Waals surface area contributed by atoms with Gasteiger partial charge in [0.15, 0.2) is 6.29 Å². The predicted molar refractivity (Wildman–Crippen MR) is 81.6 cm³/mol. The molecule has 1 aliphatic rings. The van der Waals surface area contributed by atoms with Crippen LogP contribution in [0, 0.1) is 0 Å². The molecule has 2 heterocycles. The molecule has 0 spiro atoms. The largest absolute Gasteiger partial charge is 0.352 e. The Labute approximate surface area is 123 Å². The van der Waals surface area contributed by atoms with Gasteiger partial charge in [-0.2, -0.15) is 0 Å². The van der Waals surface area contributed by atoms with Crippen molar-refractivity contribution >= 4 is 28.9 Å². The molecule has 5 nitrogen and oxygen atoms in total. The highest BCUT2D eigenvalue weighted by molar-refractivity contribution is 5.91. The Hall–Kier alpha value is -2.43. The van der Waals surface area contributed by atoms with E-state index in [1.54, 1.807) is 6.92 Å². The fourth-order valence-corrected chi connectivity index (χ4v) is 2.70. The third kappa shape index (κ3) is 2.59. The van der Waals surface area contributed by atoms with Crippen LogP contribution in [-0.2, 0) is 4.79 Å². The zero-order valence-electron chi connectivity index (χ0n) is 12.0. The lowest BCUT2D eigenvalue weighted by atomic mass is 10.1. The van der Waals surface area contributed by atoms with Crippen LogP contribution in [0.2, 0.25) is 0 Å². The van der Waals surface area contributed by atoms with E-state index in [1.165, 1.54) is 0 Å². The molecule has 1 amide bonds. The summed E-state index contributed by atoms with van der Waals surface area (Å²) in [6.45, 7) is 4.32. The van der Waals surface area contributed by atoms with Gasteiger partial charge in [0.25, 0.3) is 0 Å². The Balaban J connectivity index is 1.93. The van der Waals surface area contributed by atoms with Crippen LogP contribution < -0.4 is 4.90 Å². The number of hydrogen-bond acceptors (Lipinski definition) is 4. The minimum atomic E-state index is 0.0942. The second-order valence-electron chi connectivity index (χ2n) is 5.20. The highest BCUT2D eigenvalue weighted by Crippen LogP contribution is 2.23. The number of carbonyl (C=O) groups is 2. The molecule has 5 heteroatoms. The first kappa shape index (κ1) is 13.5. The molecule has 21 heavy (non-hydrogen) atoms. The second-order valence-corrected chi connectivity index (χ2v) is 5.20. The number of carbonyl (C=O) groups excluding carboxylic acids is 2. The van der Waals surface area contributed by atoms with Crippen LogP contribution in [-0.4, -0.2) is 48.3 Å². The van der Waals surface area contributed by atoms with Gasteiger partial charge in [-0.1, -0.05) is 18.2 Å². The van der Waals surface area contributed by atoms with Gasteiger partial charge in [-0.15, -0.1) is 0 Å². The zero-order chi connectivity index (χ0) is 14.8. The van der Waals surface area contributed by atoms with E-state index in [0.717, 1.165) is 17.2 Å². The van der Waals surface area contributed by atoms with Crippen LogP contribution in [0.15, 0.2) is 30.3 Å². The number of amides is 1. The first-order valence-corrected chi connectivity index (χ1v) is 7.04. The topological polar surface area (TPSA) is 53.5 Å². The third-order valence-corrected chi connectivity index (χ3v) is 3.88. The van der Waals surface area contributed by atoms with Gasteiger partial charge in [0.2, 0.25) is 5.91 Å². The Kier molecular flexibility index (Phi) is 3.56. The Morgan fingerprint density at radius 3 is 2.57 bits per heavy atom. The Bertz CT molecular complexity index is 691. The lowest BCUT2D eigenvalue weighted by Crippen LogP contribution is -2.48. The number of anilines is 1. The summed E-state index contributed by atoms with van der Waals surface area (Å²) in [5.74, 6) is 0.809. The van der Waals surface area contributed by atoms with Crippen molar-refractivity contribution in [1.29, 1.82) is 0 Å². The molecule has 0 radical (unpaired) electrons. The van der Waals surface area contributed by atoms with E-state index in [1.807, 2.05) is 35.2 Å². The smallest absolute Gasteiger partial charge is 0.219 e. The maximum Gasteiger partial charge on any atom is 0.219 e. The van der Waals surface area contributed by atoms with Gasteiger partial charge < -0.3 is 9.80 Å². The van der Waals surface area contributed by atoms with Crippen LogP contribution in [0.25, 0.3) is 10.9 Å². The molecule has 2 aromatic rings. The number of para-hydroxylation sites is 1. The molecule has 3 rings (SSSR count). The normalized spacial score (nSPS) is 15.3. The van der Waals surface area contributed by atoms with Crippen molar-refractivity contribution in [2.45, 2.75) is 6.92 Å². The van der Waals surface area contributed by atoms with Crippen molar-refractivity contribution in [3.8, 4) is 0 Å². The lowest BCUT2D eigenvalue weighted by molar-refractivity contribution is -0.129. The summed E-state index contributed by atoms with van der Waals surface area (Å²) in [6.07, 6.45) is 0.853. The quantitative estimate of drug-likeness (QED) is 0.787. The molecule has 108 valence electrons. The summed E-state index contributed by atoms with van der Waals surface area (Å²) in [6, 6.07) is 9.64. The molecule has 0 aliphatic carbocycles. The number of hydrogen-bond donors (Lipinski definition) is 0. The van der Waals surface area contributed by atoms with Crippen molar-refractivity contribution in [2.75, 3.05) is 31.1 Å². The van der Waals surface area contributed by atoms with Gasteiger partial charge in [-0.25, -0.2) is 4.98 Å². The number of aldehydes is 1. The summed E-state index contributed by atoms with van der Waals surface area (Å²) < 4.78 is 0. The monoisotopic (exact) mass is 283 g/mol. The number of pyridine rings is 1. The summed E-state index contributed by atoms with van der Waals surface area (Å²) in [4.78, 5) is 31.3. The van der Waals surface area contributed by atoms with Crippen LogP contribution in [0.1, 0.15) is 17.3 Å². The standard InChI is InChI=1S/C16H17N3O2/c1-12(21)18-6-8-19(9-7-18)16-14(11-20)10-13-4-2-3-5-15(13)17-16/h2-5,10-11H,6-9H2,1H3. The molecule has 0 atom stereocenters. The highest BCUT2D eigenvalue weighted by Gasteiger charge is 2.21. The molecule has 1 aliphatic heterocycles. The molecular formula is C16H17N3O2. The zero-order valence-corrected chi connectivity index (χ0v) is 12.0. The second kappa shape index (κ2) is 5.52. The van der Waals surface area contributed by atoms with E-state index >= 15 is 0 Å². The first-order valence-electron chi connectivity index (χ1n) is 7.04. The molecule has 1 fully saturated rings. The Morgan fingerprint density at radius 1 is 1.19 bits per heavy atom. The van der Waals surface area contributed by atoms with Gasteiger partial charge in [0, 0.05) is 38.5 Å². The van der Waals surface area contributed by atoms with Crippen LogP contribution in [0.3, 0.4) is 0 Å². The SMILES string of the molecule is CC(=O)N1CCN(c2nc3ccccc3cc2C=O)CC1. The molecule has 0 bridgehead atoms. The fourth-order valence-electron chi connectivity index (χ4n) is 2.70. The van der Waals surface area contributed by atoms with Crippen LogP contribution in [0.5, 0.6) is 0 Å². The fraction of sp³-hybridized carbons (Fsp3) is 0.312. The Morgan fingerprint density at radius 2 is 1.90 bits per heavy atom. The summed E-state index contributed by atoms with van der Waals surface area (Å²) in [5, 5.41) is 0.964. The van der Waals surface area contributed by atoms with Gasteiger partial charge in [0.1, 0.15) is 5.82 Å². The third-order valence-electron chi connectivity index (χ3n) is 3.88. The number of aromatic nitrogens is 1. The molecule has 1 saturated heterocycles. The number of fused-ring (bicyclic) bond motifs is 1. The van der Waals surface area contributed by atoms with Gasteiger partial charge in [0.05, 0.1) is 11.1 Å². The molecule has 1 aromatic heterocycles. The van der Waals surface area contributed by atoms with Gasteiger partial charge >= 0.3 is 0 Å². The number of piperazine rings is 1. The van der Waals surface area contributed by atoms with E-state index in [4.69, 9.17) is 0 Å².